The molecule has 2 heterocycles. The molecule has 1 aliphatic heterocycles. The monoisotopic (exact) mass is 480 g/mol. The molecule has 174 valence electrons. The predicted molar refractivity (Wildman–Crippen MR) is 116 cm³/mol. The number of halogens is 4. The number of anilines is 1. The molecule has 2 aromatic rings. The lowest BCUT2D eigenvalue weighted by Gasteiger charge is -2.35. The lowest BCUT2D eigenvalue weighted by Crippen LogP contribution is -2.48. The third kappa shape index (κ3) is 6.08. The van der Waals surface area contributed by atoms with Crippen LogP contribution in [0.5, 0.6) is 11.5 Å². The minimum absolute atomic E-state index is 0.0827. The Morgan fingerprint density at radius 2 is 1.97 bits per heavy atom. The van der Waals surface area contributed by atoms with E-state index >= 15 is 0 Å². The SMILES string of the molecule is COc1cc(/C=C/C(=O)N2CCN(c3ncc(C(F)(F)F)cc3Cl)CC2)ccc1OCC#N. The molecule has 0 spiro atoms. The van der Waals surface area contributed by atoms with Gasteiger partial charge in [-0.15, -0.1) is 0 Å². The summed E-state index contributed by atoms with van der Waals surface area (Å²) < 4.78 is 48.9. The Kier molecular flexibility index (Phi) is 7.66. The van der Waals surface area contributed by atoms with Gasteiger partial charge in [-0.25, -0.2) is 4.98 Å². The van der Waals surface area contributed by atoms with Gasteiger partial charge >= 0.3 is 6.18 Å². The van der Waals surface area contributed by atoms with Crippen LogP contribution >= 0.6 is 11.6 Å². The molecule has 33 heavy (non-hydrogen) atoms. The largest absolute Gasteiger partial charge is 0.493 e. The van der Waals surface area contributed by atoms with E-state index in [1.165, 1.54) is 13.2 Å². The number of alkyl halides is 3. The summed E-state index contributed by atoms with van der Waals surface area (Å²) >= 11 is 6.02. The molecule has 0 unspecified atom stereocenters. The van der Waals surface area contributed by atoms with Crippen molar-refractivity contribution >= 4 is 29.4 Å². The van der Waals surface area contributed by atoms with Crippen LogP contribution in [0.25, 0.3) is 6.08 Å². The van der Waals surface area contributed by atoms with Crippen molar-refractivity contribution in [3.8, 4) is 17.6 Å². The Hall–Kier alpha value is -3.45. The van der Waals surface area contributed by atoms with Gasteiger partial charge < -0.3 is 19.3 Å². The van der Waals surface area contributed by atoms with Gasteiger partial charge in [0, 0.05) is 38.5 Å². The summed E-state index contributed by atoms with van der Waals surface area (Å²) in [4.78, 5) is 19.8. The molecule has 1 aromatic heterocycles. The van der Waals surface area contributed by atoms with Gasteiger partial charge in [0.05, 0.1) is 17.7 Å². The van der Waals surface area contributed by atoms with E-state index in [2.05, 4.69) is 4.98 Å². The average molecular weight is 481 g/mol. The van der Waals surface area contributed by atoms with Crippen LogP contribution in [0.2, 0.25) is 5.02 Å². The fraction of sp³-hybridized carbons (Fsp3) is 0.318. The van der Waals surface area contributed by atoms with Crippen molar-refractivity contribution in [2.75, 3.05) is 44.8 Å². The summed E-state index contributed by atoms with van der Waals surface area (Å²) in [6.45, 7) is 1.40. The molecule has 0 bridgehead atoms. The first kappa shape index (κ1) is 24.2. The number of nitrogens with zero attached hydrogens (tertiary/aromatic N) is 4. The number of pyridine rings is 1. The highest BCUT2D eigenvalue weighted by atomic mass is 35.5. The van der Waals surface area contributed by atoms with Crippen LogP contribution in [0.1, 0.15) is 11.1 Å². The van der Waals surface area contributed by atoms with Crippen molar-refractivity contribution in [2.24, 2.45) is 0 Å². The number of carbonyl (C=O) groups excluding carboxylic acids is 1. The van der Waals surface area contributed by atoms with Gasteiger partial charge in [-0.2, -0.15) is 18.4 Å². The molecule has 1 amide bonds. The zero-order valence-electron chi connectivity index (χ0n) is 17.6. The van der Waals surface area contributed by atoms with Gasteiger partial charge in [-0.05, 0) is 29.8 Å². The minimum atomic E-state index is -4.51. The molecule has 0 N–H and O–H groups in total. The normalized spacial score (nSPS) is 14.3. The van der Waals surface area contributed by atoms with E-state index in [0.29, 0.717) is 43.2 Å². The fourth-order valence-corrected chi connectivity index (χ4v) is 3.53. The van der Waals surface area contributed by atoms with Gasteiger partial charge in [0.25, 0.3) is 0 Å². The highest BCUT2D eigenvalue weighted by molar-refractivity contribution is 6.33. The summed E-state index contributed by atoms with van der Waals surface area (Å²) in [6, 6.07) is 7.81. The van der Waals surface area contributed by atoms with Gasteiger partial charge in [0.1, 0.15) is 11.9 Å². The predicted octanol–water partition coefficient (Wildman–Crippen LogP) is 4.03. The fourth-order valence-electron chi connectivity index (χ4n) is 3.25. The molecule has 7 nitrogen and oxygen atoms in total. The maximum absolute atomic E-state index is 12.8. The van der Waals surface area contributed by atoms with Crippen LogP contribution in [-0.2, 0) is 11.0 Å². The number of benzene rings is 1. The second-order valence-electron chi connectivity index (χ2n) is 7.03. The zero-order valence-corrected chi connectivity index (χ0v) is 18.4. The Morgan fingerprint density at radius 3 is 2.58 bits per heavy atom. The third-order valence-corrected chi connectivity index (χ3v) is 5.22. The Labute approximate surface area is 193 Å². The number of hydrogen-bond donors (Lipinski definition) is 0. The number of rotatable bonds is 6. The number of carbonyl (C=O) groups is 1. The van der Waals surface area contributed by atoms with Crippen molar-refractivity contribution in [2.45, 2.75) is 6.18 Å². The number of amides is 1. The first-order valence-electron chi connectivity index (χ1n) is 9.85. The molecule has 0 atom stereocenters. The van der Waals surface area contributed by atoms with Crippen molar-refractivity contribution in [3.05, 3.63) is 52.7 Å². The smallest absolute Gasteiger partial charge is 0.417 e. The number of aromatic nitrogens is 1. The first-order valence-corrected chi connectivity index (χ1v) is 10.2. The summed E-state index contributed by atoms with van der Waals surface area (Å²) in [5.41, 5.74) is -0.194. The topological polar surface area (TPSA) is 78.7 Å². The molecular weight excluding hydrogens is 461 g/mol. The highest BCUT2D eigenvalue weighted by Crippen LogP contribution is 2.34. The maximum Gasteiger partial charge on any atom is 0.417 e. The van der Waals surface area contributed by atoms with Crippen LogP contribution in [-0.4, -0.2) is 55.7 Å². The van der Waals surface area contributed by atoms with Gasteiger partial charge in [-0.3, -0.25) is 4.79 Å². The van der Waals surface area contributed by atoms with E-state index in [0.717, 1.165) is 12.3 Å². The third-order valence-electron chi connectivity index (χ3n) is 4.94. The molecule has 3 rings (SSSR count). The average Bonchev–Trinajstić information content (AvgIpc) is 2.80. The van der Waals surface area contributed by atoms with E-state index in [9.17, 15) is 18.0 Å². The molecule has 0 aliphatic carbocycles. The van der Waals surface area contributed by atoms with Crippen LogP contribution < -0.4 is 14.4 Å². The summed E-state index contributed by atoms with van der Waals surface area (Å²) in [6.07, 6.45) is -0.684. The molecule has 1 aliphatic rings. The van der Waals surface area contributed by atoms with Crippen LogP contribution in [0.4, 0.5) is 19.0 Å². The molecule has 11 heteroatoms. The summed E-state index contributed by atoms with van der Waals surface area (Å²) in [5, 5.41) is 8.54. The van der Waals surface area contributed by atoms with E-state index in [1.807, 2.05) is 6.07 Å². The second kappa shape index (κ2) is 10.4. The van der Waals surface area contributed by atoms with E-state index in [4.69, 9.17) is 26.3 Å². The number of hydrogen-bond acceptors (Lipinski definition) is 6. The number of ether oxygens (including phenoxy) is 2. The molecule has 1 aromatic carbocycles. The van der Waals surface area contributed by atoms with E-state index in [-0.39, 0.29) is 23.4 Å². The molecule has 0 radical (unpaired) electrons. The molecule has 0 saturated carbocycles. The quantitative estimate of drug-likeness (QED) is 0.581. The Morgan fingerprint density at radius 1 is 1.24 bits per heavy atom. The van der Waals surface area contributed by atoms with E-state index < -0.39 is 11.7 Å². The van der Waals surface area contributed by atoms with Crippen molar-refractivity contribution in [3.63, 3.8) is 0 Å². The standard InChI is InChI=1S/C22H20ClF3N4O3/c1-32-19-12-15(2-4-18(19)33-11-6-27)3-5-20(31)29-7-9-30(10-8-29)21-17(23)13-16(14-28-21)22(24,25)26/h2-5,12-14H,7-11H2,1H3/b5-3+. The molecule has 1 fully saturated rings. The number of nitriles is 1. The van der Waals surface area contributed by atoms with Crippen LogP contribution in [0.3, 0.4) is 0 Å². The van der Waals surface area contributed by atoms with Crippen LogP contribution in [0.15, 0.2) is 36.5 Å². The van der Waals surface area contributed by atoms with Crippen LogP contribution in [0, 0.1) is 11.3 Å². The lowest BCUT2D eigenvalue weighted by molar-refractivity contribution is -0.137. The highest BCUT2D eigenvalue weighted by Gasteiger charge is 2.32. The molecule has 1 saturated heterocycles. The number of methoxy groups -OCH3 is 1. The Balaban J connectivity index is 1.60. The van der Waals surface area contributed by atoms with Gasteiger partial charge in [0.15, 0.2) is 18.1 Å². The number of piperazine rings is 1. The maximum atomic E-state index is 12.8. The lowest BCUT2D eigenvalue weighted by atomic mass is 10.2. The van der Waals surface area contributed by atoms with Crippen molar-refractivity contribution in [1.29, 1.82) is 5.26 Å². The van der Waals surface area contributed by atoms with Gasteiger partial charge in [0.2, 0.25) is 5.91 Å². The van der Waals surface area contributed by atoms with E-state index in [1.54, 1.807) is 34.1 Å². The summed E-state index contributed by atoms with van der Waals surface area (Å²) in [7, 11) is 1.48. The second-order valence-corrected chi connectivity index (χ2v) is 7.44. The van der Waals surface area contributed by atoms with Gasteiger partial charge in [-0.1, -0.05) is 17.7 Å². The molecular formula is C22H20ClF3N4O3. The summed E-state index contributed by atoms with van der Waals surface area (Å²) in [5.74, 6) is 0.923. The van der Waals surface area contributed by atoms with Crippen molar-refractivity contribution < 1.29 is 27.4 Å². The zero-order chi connectivity index (χ0) is 24.0. The minimum Gasteiger partial charge on any atom is -0.493 e. The Bertz CT molecular complexity index is 1080. The first-order chi connectivity index (χ1) is 15.7. The van der Waals surface area contributed by atoms with Crippen molar-refractivity contribution in [1.82, 2.24) is 9.88 Å².